The summed E-state index contributed by atoms with van der Waals surface area (Å²) >= 11 is 0. The van der Waals surface area contributed by atoms with E-state index in [0.717, 1.165) is 25.9 Å². The van der Waals surface area contributed by atoms with Gasteiger partial charge in [-0.1, -0.05) is 77.6 Å². The first kappa shape index (κ1) is 32.9. The van der Waals surface area contributed by atoms with Gasteiger partial charge in [0.05, 0.1) is 39.5 Å². The molecule has 0 saturated carbocycles. The van der Waals surface area contributed by atoms with Gasteiger partial charge in [-0.05, 0) is 26.2 Å². The van der Waals surface area contributed by atoms with Crippen molar-refractivity contribution in [3.05, 3.63) is 0 Å². The number of carbonyl (C=O) groups is 1. The molecular formula is C28H57NO5P+. The Balaban J connectivity index is 1.95. The van der Waals surface area contributed by atoms with E-state index in [0.29, 0.717) is 26.2 Å². The minimum Gasteiger partial charge on any atom is -0.381 e. The van der Waals surface area contributed by atoms with Crippen LogP contribution in [0.4, 0.5) is 0 Å². The fourth-order valence-electron chi connectivity index (χ4n) is 4.82. The molecule has 7 heteroatoms. The summed E-state index contributed by atoms with van der Waals surface area (Å²) in [5, 5.41) is 0. The summed E-state index contributed by atoms with van der Waals surface area (Å²) in [6.45, 7) is 9.73. The van der Waals surface area contributed by atoms with Gasteiger partial charge in [0, 0.05) is 31.8 Å². The molecule has 0 aromatic carbocycles. The molecule has 6 nitrogen and oxygen atoms in total. The van der Waals surface area contributed by atoms with Crippen LogP contribution < -0.4 is 4.90 Å². The largest absolute Gasteiger partial charge is 0.381 e. The molecule has 0 bridgehead atoms. The van der Waals surface area contributed by atoms with Crippen LogP contribution in [0, 0.1) is 5.92 Å². The number of likely N-dealkylation sites (tertiary alicyclic amines) is 1. The number of quaternary nitrogens is 1. The predicted octanol–water partition coefficient (Wildman–Crippen LogP) is 6.01. The molecule has 1 heterocycles. The average Bonchev–Trinajstić information content (AvgIpc) is 3.35. The Morgan fingerprint density at radius 3 is 1.97 bits per heavy atom. The van der Waals surface area contributed by atoms with Crippen LogP contribution >= 0.6 is 8.60 Å². The third-order valence-electron chi connectivity index (χ3n) is 6.93. The summed E-state index contributed by atoms with van der Waals surface area (Å²) in [5.74, 6) is 0.101. The molecule has 1 aliphatic rings. The van der Waals surface area contributed by atoms with E-state index in [9.17, 15) is 9.69 Å². The molecule has 0 aromatic rings. The van der Waals surface area contributed by atoms with Gasteiger partial charge < -0.3 is 28.4 Å². The zero-order valence-electron chi connectivity index (χ0n) is 23.1. The van der Waals surface area contributed by atoms with Crippen molar-refractivity contribution in [1.82, 2.24) is 0 Å². The first-order valence-electron chi connectivity index (χ1n) is 14.8. The summed E-state index contributed by atoms with van der Waals surface area (Å²) < 4.78 is 16.8. The molecule has 0 aliphatic carbocycles. The molecule has 2 unspecified atom stereocenters. The van der Waals surface area contributed by atoms with Crippen LogP contribution in [0.5, 0.6) is 0 Å². The molecule has 0 aromatic heterocycles. The third-order valence-corrected chi connectivity index (χ3v) is 7.70. The molecule has 0 amide bonds. The summed E-state index contributed by atoms with van der Waals surface area (Å²) in [7, 11) is -1.88. The minimum atomic E-state index is -1.88. The van der Waals surface area contributed by atoms with Crippen LogP contribution in [-0.2, 0) is 18.6 Å². The van der Waals surface area contributed by atoms with Crippen molar-refractivity contribution in [2.75, 3.05) is 46.1 Å². The van der Waals surface area contributed by atoms with E-state index in [-0.39, 0.29) is 11.7 Å². The first-order chi connectivity index (χ1) is 17.1. The van der Waals surface area contributed by atoms with Crippen LogP contribution in [0.25, 0.3) is 0 Å². The quantitative estimate of drug-likeness (QED) is 0.108. The van der Waals surface area contributed by atoms with Crippen LogP contribution in [0.1, 0.15) is 123 Å². The Kier molecular flexibility index (Phi) is 22.8. The average molecular weight is 519 g/mol. The number of carbonyl (C=O) groups excluding carboxylic acids is 1. The van der Waals surface area contributed by atoms with Gasteiger partial charge in [0.25, 0.3) is 0 Å². The fourth-order valence-corrected chi connectivity index (χ4v) is 5.52. The van der Waals surface area contributed by atoms with Crippen LogP contribution in [0.15, 0.2) is 0 Å². The number of hydrogen-bond acceptors (Lipinski definition) is 5. The second-order valence-corrected chi connectivity index (χ2v) is 11.5. The van der Waals surface area contributed by atoms with Crippen molar-refractivity contribution < 1.29 is 28.4 Å². The topological polar surface area (TPSA) is 69.4 Å². The zero-order chi connectivity index (χ0) is 25.4. The Bertz CT molecular complexity index is 476. The highest BCUT2D eigenvalue weighted by Gasteiger charge is 2.17. The van der Waals surface area contributed by atoms with Gasteiger partial charge in [-0.2, -0.15) is 0 Å². The maximum Gasteiger partial charge on any atom is 0.329 e. The number of nitrogens with one attached hydrogen (secondary N) is 1. The number of ether oxygens (including phenoxy) is 1. The second kappa shape index (κ2) is 24.2. The molecule has 2 N–H and O–H groups in total. The minimum absolute atomic E-state index is 0.0238. The molecule has 208 valence electrons. The Morgan fingerprint density at radius 1 is 0.800 bits per heavy atom. The van der Waals surface area contributed by atoms with Gasteiger partial charge in [0.1, 0.15) is 5.78 Å². The number of Topliss-reactive ketones (excluding diaryl/α,β-unsaturated/α-hetero) is 1. The van der Waals surface area contributed by atoms with Crippen LogP contribution in [0.3, 0.4) is 0 Å². The van der Waals surface area contributed by atoms with E-state index in [4.69, 9.17) is 13.8 Å². The van der Waals surface area contributed by atoms with E-state index in [1.54, 1.807) is 11.8 Å². The third kappa shape index (κ3) is 21.7. The Labute approximate surface area is 217 Å². The standard InChI is InChI=1S/C28H56NO5P/c1-3-4-5-6-7-8-9-10-11-12-13-17-22-32-25-28(24-27(2)30)26-34-35(31)33-23-18-16-21-29-19-14-15-20-29/h28,31H,3-26H2,1-2H3/p+1. The second-order valence-electron chi connectivity index (χ2n) is 10.5. The van der Waals surface area contributed by atoms with Crippen LogP contribution in [0.2, 0.25) is 0 Å². The van der Waals surface area contributed by atoms with Gasteiger partial charge >= 0.3 is 8.60 Å². The lowest BCUT2D eigenvalue weighted by atomic mass is 10.1. The Hall–Kier alpha value is -0.100. The molecule has 1 rings (SSSR count). The van der Waals surface area contributed by atoms with Crippen molar-refractivity contribution in [1.29, 1.82) is 0 Å². The normalized spacial score (nSPS) is 16.1. The maximum absolute atomic E-state index is 11.6. The molecule has 0 radical (unpaired) electrons. The molecule has 1 aliphatic heterocycles. The van der Waals surface area contributed by atoms with Crippen molar-refractivity contribution in [3.8, 4) is 0 Å². The van der Waals surface area contributed by atoms with E-state index in [1.165, 1.54) is 103 Å². The van der Waals surface area contributed by atoms with Gasteiger partial charge in [-0.25, -0.2) is 0 Å². The van der Waals surface area contributed by atoms with Gasteiger partial charge in [0.15, 0.2) is 0 Å². The maximum atomic E-state index is 11.6. The molecule has 0 spiro atoms. The summed E-state index contributed by atoms with van der Waals surface area (Å²) in [6.07, 6.45) is 21.2. The molecule has 2 atom stereocenters. The highest BCUT2D eigenvalue weighted by Crippen LogP contribution is 2.33. The van der Waals surface area contributed by atoms with E-state index >= 15 is 0 Å². The number of hydrogen-bond donors (Lipinski definition) is 2. The number of rotatable bonds is 26. The first-order valence-corrected chi connectivity index (χ1v) is 15.9. The highest BCUT2D eigenvalue weighted by atomic mass is 31.2. The fraction of sp³-hybridized carbons (Fsp3) is 0.964. The summed E-state index contributed by atoms with van der Waals surface area (Å²) in [6, 6.07) is 0. The number of ketones is 1. The SMILES string of the molecule is CCCCCCCCCCCCCCOCC(COP(O)OCCCC[NH+]1CCCC1)CC(C)=O. The van der Waals surface area contributed by atoms with Gasteiger partial charge in [-0.15, -0.1) is 0 Å². The van der Waals surface area contributed by atoms with E-state index < -0.39 is 8.60 Å². The van der Waals surface area contributed by atoms with Crippen molar-refractivity contribution in [2.24, 2.45) is 5.92 Å². The lowest BCUT2D eigenvalue weighted by Crippen LogP contribution is -3.09. The monoisotopic (exact) mass is 518 g/mol. The Morgan fingerprint density at radius 2 is 1.37 bits per heavy atom. The lowest BCUT2D eigenvalue weighted by Gasteiger charge is -2.18. The number of unbranched alkanes of at least 4 members (excludes halogenated alkanes) is 12. The predicted molar refractivity (Wildman–Crippen MR) is 146 cm³/mol. The zero-order valence-corrected chi connectivity index (χ0v) is 24.0. The van der Waals surface area contributed by atoms with Crippen molar-refractivity contribution in [3.63, 3.8) is 0 Å². The van der Waals surface area contributed by atoms with Gasteiger partial charge in [0.2, 0.25) is 0 Å². The van der Waals surface area contributed by atoms with Crippen molar-refractivity contribution in [2.45, 2.75) is 123 Å². The summed E-state index contributed by atoms with van der Waals surface area (Å²) in [4.78, 5) is 23.3. The van der Waals surface area contributed by atoms with Gasteiger partial charge in [-0.3, -0.25) is 0 Å². The highest BCUT2D eigenvalue weighted by molar-refractivity contribution is 7.40. The summed E-state index contributed by atoms with van der Waals surface area (Å²) in [5.41, 5.74) is 0. The lowest BCUT2D eigenvalue weighted by molar-refractivity contribution is -0.887. The smallest absolute Gasteiger partial charge is 0.329 e. The molecule has 1 fully saturated rings. The molecule has 1 saturated heterocycles. The van der Waals surface area contributed by atoms with E-state index in [2.05, 4.69) is 6.92 Å². The molecule has 35 heavy (non-hydrogen) atoms. The van der Waals surface area contributed by atoms with E-state index in [1.807, 2.05) is 0 Å². The van der Waals surface area contributed by atoms with Crippen molar-refractivity contribution >= 4 is 14.4 Å². The van der Waals surface area contributed by atoms with Crippen LogP contribution in [-0.4, -0.2) is 56.7 Å². The molecular weight excluding hydrogens is 461 g/mol.